The number of carbonyl (C=O) groups excluding carboxylic acids is 2. The third kappa shape index (κ3) is 6.12. The Labute approximate surface area is 194 Å². The number of carboxylic acid groups (broad SMARTS) is 1. The minimum absolute atomic E-state index is 0.0218. The van der Waals surface area contributed by atoms with Gasteiger partial charge in [0.05, 0.1) is 0 Å². The number of fused-ring (bicyclic) bond motifs is 3. The molecule has 3 rings (SSSR count). The van der Waals surface area contributed by atoms with Gasteiger partial charge in [-0.1, -0.05) is 55.5 Å². The van der Waals surface area contributed by atoms with E-state index >= 15 is 0 Å². The third-order valence-corrected chi connectivity index (χ3v) is 5.92. The molecule has 7 nitrogen and oxygen atoms in total. The molecule has 2 amide bonds. The summed E-state index contributed by atoms with van der Waals surface area (Å²) in [6.07, 6.45) is 0.658. The first-order valence-corrected chi connectivity index (χ1v) is 11.3. The predicted molar refractivity (Wildman–Crippen MR) is 126 cm³/mol. The lowest BCUT2D eigenvalue weighted by atomic mass is 9.97. The van der Waals surface area contributed by atoms with Crippen molar-refractivity contribution in [3.05, 3.63) is 59.7 Å². The number of hydrogen-bond acceptors (Lipinski definition) is 4. The Kier molecular flexibility index (Phi) is 7.74. The standard InChI is InChI=1S/C26H32N2O5/c1-4-15-28(16-24(30)31)23(29)13-14-26(2,3)27-25(32)33-17-22-20-11-7-5-9-18(20)19-10-6-8-12-21(19)22/h5-12,22H,4,13-17H2,1-3H3,(H,27,32)(H,30,31). The smallest absolute Gasteiger partial charge is 0.407 e. The Hall–Kier alpha value is -3.35. The molecule has 0 aliphatic heterocycles. The molecule has 176 valence electrons. The lowest BCUT2D eigenvalue weighted by Crippen LogP contribution is -2.45. The van der Waals surface area contributed by atoms with Gasteiger partial charge in [-0.05, 0) is 48.9 Å². The molecule has 0 saturated heterocycles. The molecule has 0 atom stereocenters. The van der Waals surface area contributed by atoms with E-state index in [-0.39, 0.29) is 31.4 Å². The Morgan fingerprint density at radius 1 is 1.03 bits per heavy atom. The molecule has 0 bridgehead atoms. The molecule has 0 unspecified atom stereocenters. The SMILES string of the molecule is CCCN(CC(=O)O)C(=O)CCC(C)(C)NC(=O)OCC1c2ccccc2-c2ccccc21. The highest BCUT2D eigenvalue weighted by Crippen LogP contribution is 2.44. The number of nitrogens with zero attached hydrogens (tertiary/aromatic N) is 1. The van der Waals surface area contributed by atoms with Crippen LogP contribution in [0.15, 0.2) is 48.5 Å². The van der Waals surface area contributed by atoms with Gasteiger partial charge in [0.1, 0.15) is 13.2 Å². The number of nitrogens with one attached hydrogen (secondary N) is 1. The molecular weight excluding hydrogens is 420 g/mol. The molecule has 0 spiro atoms. The van der Waals surface area contributed by atoms with Crippen molar-refractivity contribution < 1.29 is 24.2 Å². The number of aliphatic carboxylic acids is 1. The Bertz CT molecular complexity index is 972. The van der Waals surface area contributed by atoms with Crippen LogP contribution in [0.25, 0.3) is 11.1 Å². The summed E-state index contributed by atoms with van der Waals surface area (Å²) in [7, 11) is 0. The summed E-state index contributed by atoms with van der Waals surface area (Å²) in [6, 6.07) is 16.3. The van der Waals surface area contributed by atoms with E-state index in [1.54, 1.807) is 0 Å². The largest absolute Gasteiger partial charge is 0.480 e. The third-order valence-electron chi connectivity index (χ3n) is 5.92. The number of carbonyl (C=O) groups is 3. The summed E-state index contributed by atoms with van der Waals surface area (Å²) in [5.74, 6) is -1.29. The fourth-order valence-corrected chi connectivity index (χ4v) is 4.28. The van der Waals surface area contributed by atoms with Crippen LogP contribution in [0.1, 0.15) is 57.1 Å². The van der Waals surface area contributed by atoms with Crippen molar-refractivity contribution in [1.29, 1.82) is 0 Å². The van der Waals surface area contributed by atoms with Crippen LogP contribution in [0, 0.1) is 0 Å². The number of rotatable bonds is 10. The maximum absolute atomic E-state index is 12.6. The van der Waals surface area contributed by atoms with Gasteiger partial charge in [0, 0.05) is 24.4 Å². The summed E-state index contributed by atoms with van der Waals surface area (Å²) in [5, 5.41) is 11.9. The maximum Gasteiger partial charge on any atom is 0.407 e. The van der Waals surface area contributed by atoms with Crippen molar-refractivity contribution in [2.24, 2.45) is 0 Å². The quantitative estimate of drug-likeness (QED) is 0.557. The fourth-order valence-electron chi connectivity index (χ4n) is 4.28. The summed E-state index contributed by atoms with van der Waals surface area (Å²) < 4.78 is 5.60. The molecule has 0 aromatic heterocycles. The zero-order valence-electron chi connectivity index (χ0n) is 19.5. The number of amides is 2. The van der Waals surface area contributed by atoms with E-state index in [0.717, 1.165) is 11.1 Å². The molecule has 2 N–H and O–H groups in total. The molecule has 0 saturated carbocycles. The minimum Gasteiger partial charge on any atom is -0.480 e. The number of alkyl carbamates (subject to hydrolysis) is 1. The second-order valence-corrected chi connectivity index (χ2v) is 9.04. The summed E-state index contributed by atoms with van der Waals surface area (Å²) in [6.45, 7) is 5.84. The van der Waals surface area contributed by atoms with E-state index in [0.29, 0.717) is 19.4 Å². The lowest BCUT2D eigenvalue weighted by molar-refractivity contribution is -0.144. The highest BCUT2D eigenvalue weighted by Gasteiger charge is 2.30. The minimum atomic E-state index is -1.03. The number of carboxylic acids is 1. The van der Waals surface area contributed by atoms with Gasteiger partial charge >= 0.3 is 12.1 Å². The average Bonchev–Trinajstić information content (AvgIpc) is 3.09. The van der Waals surface area contributed by atoms with Crippen molar-refractivity contribution >= 4 is 18.0 Å². The Morgan fingerprint density at radius 3 is 2.15 bits per heavy atom. The topological polar surface area (TPSA) is 95.9 Å². The van der Waals surface area contributed by atoms with E-state index in [9.17, 15) is 14.4 Å². The second-order valence-electron chi connectivity index (χ2n) is 9.04. The van der Waals surface area contributed by atoms with Gasteiger partial charge < -0.3 is 20.1 Å². The van der Waals surface area contributed by atoms with Crippen LogP contribution >= 0.6 is 0 Å². The summed E-state index contributed by atoms with van der Waals surface area (Å²) >= 11 is 0. The van der Waals surface area contributed by atoms with Crippen LogP contribution < -0.4 is 5.32 Å². The molecule has 33 heavy (non-hydrogen) atoms. The van der Waals surface area contributed by atoms with Gasteiger partial charge in [-0.3, -0.25) is 9.59 Å². The molecule has 2 aromatic carbocycles. The van der Waals surface area contributed by atoms with Gasteiger partial charge in [-0.2, -0.15) is 0 Å². The van der Waals surface area contributed by atoms with Crippen LogP contribution in [0.4, 0.5) is 4.79 Å². The van der Waals surface area contributed by atoms with E-state index in [2.05, 4.69) is 29.6 Å². The molecule has 1 aliphatic carbocycles. The van der Waals surface area contributed by atoms with Gasteiger partial charge in [0.25, 0.3) is 0 Å². The van der Waals surface area contributed by atoms with Gasteiger partial charge in [-0.25, -0.2) is 4.79 Å². The number of benzene rings is 2. The molecule has 0 radical (unpaired) electrons. The van der Waals surface area contributed by atoms with E-state index in [1.807, 2.05) is 45.0 Å². The normalized spacial score (nSPS) is 12.6. The highest BCUT2D eigenvalue weighted by molar-refractivity contribution is 5.81. The molecule has 0 fully saturated rings. The second kappa shape index (κ2) is 10.5. The molecular formula is C26H32N2O5. The first kappa shape index (κ1) is 24.3. The van der Waals surface area contributed by atoms with Crippen LogP contribution in [0.3, 0.4) is 0 Å². The van der Waals surface area contributed by atoms with Crippen LogP contribution in [-0.2, 0) is 14.3 Å². The van der Waals surface area contributed by atoms with Gasteiger partial charge in [0.15, 0.2) is 0 Å². The predicted octanol–water partition coefficient (Wildman–Crippen LogP) is 4.41. The Morgan fingerprint density at radius 2 is 1.61 bits per heavy atom. The van der Waals surface area contributed by atoms with Crippen molar-refractivity contribution in [2.75, 3.05) is 19.7 Å². The monoisotopic (exact) mass is 452 g/mol. The first-order valence-electron chi connectivity index (χ1n) is 11.3. The molecule has 2 aromatic rings. The van der Waals surface area contributed by atoms with E-state index in [4.69, 9.17) is 9.84 Å². The highest BCUT2D eigenvalue weighted by atomic mass is 16.5. The number of hydrogen-bond donors (Lipinski definition) is 2. The zero-order valence-corrected chi connectivity index (χ0v) is 19.5. The van der Waals surface area contributed by atoms with Crippen molar-refractivity contribution in [3.63, 3.8) is 0 Å². The molecule has 1 aliphatic rings. The van der Waals surface area contributed by atoms with Crippen LogP contribution in [-0.4, -0.2) is 53.2 Å². The van der Waals surface area contributed by atoms with Crippen molar-refractivity contribution in [3.8, 4) is 11.1 Å². The van der Waals surface area contributed by atoms with Crippen LogP contribution in [0.5, 0.6) is 0 Å². The van der Waals surface area contributed by atoms with E-state index in [1.165, 1.54) is 16.0 Å². The average molecular weight is 453 g/mol. The summed E-state index contributed by atoms with van der Waals surface area (Å²) in [4.78, 5) is 37.4. The summed E-state index contributed by atoms with van der Waals surface area (Å²) in [5.41, 5.74) is 3.94. The Balaban J connectivity index is 1.55. The number of ether oxygens (including phenoxy) is 1. The van der Waals surface area contributed by atoms with Crippen LogP contribution in [0.2, 0.25) is 0 Å². The van der Waals surface area contributed by atoms with Gasteiger partial charge in [0.2, 0.25) is 5.91 Å². The maximum atomic E-state index is 12.6. The van der Waals surface area contributed by atoms with Crippen molar-refractivity contribution in [2.45, 2.75) is 51.5 Å². The molecule has 0 heterocycles. The van der Waals surface area contributed by atoms with Gasteiger partial charge in [-0.15, -0.1) is 0 Å². The fraction of sp³-hybridized carbons (Fsp3) is 0.423. The zero-order chi connectivity index (χ0) is 24.0. The van der Waals surface area contributed by atoms with Crippen molar-refractivity contribution in [1.82, 2.24) is 10.2 Å². The lowest BCUT2D eigenvalue weighted by Gasteiger charge is -2.27. The van der Waals surface area contributed by atoms with E-state index < -0.39 is 17.6 Å². The molecule has 7 heteroatoms. The first-order chi connectivity index (χ1) is 15.7.